The summed E-state index contributed by atoms with van der Waals surface area (Å²) < 4.78 is 0. The summed E-state index contributed by atoms with van der Waals surface area (Å²) >= 11 is 5.65. The second-order valence-electron chi connectivity index (χ2n) is 1.60. The van der Waals surface area contributed by atoms with Crippen LogP contribution in [0.25, 0.3) is 0 Å². The molecule has 0 aromatic rings. The van der Waals surface area contributed by atoms with E-state index in [9.17, 15) is 0 Å². The van der Waals surface area contributed by atoms with Crippen molar-refractivity contribution in [2.24, 2.45) is 5.10 Å². The monoisotopic (exact) mass is 146 g/mol. The minimum absolute atomic E-state index is 0.514. The molecule has 1 N–H and O–H groups in total. The van der Waals surface area contributed by atoms with E-state index in [1.807, 2.05) is 19.9 Å². The number of hydrogen-bond donors (Lipinski definition) is 1. The van der Waals surface area contributed by atoms with Crippen molar-refractivity contribution in [2.75, 3.05) is 7.05 Å². The molecule has 0 aromatic heterocycles. The minimum atomic E-state index is 0.514. The normalized spacial score (nSPS) is 13.8. The third-order valence-corrected chi connectivity index (χ3v) is 1.35. The van der Waals surface area contributed by atoms with E-state index in [2.05, 4.69) is 10.5 Å². The molecule has 0 aromatic carbocycles. The molecule has 0 saturated carbocycles. The van der Waals surface area contributed by atoms with E-state index in [0.717, 1.165) is 5.57 Å². The molecule has 0 aliphatic carbocycles. The van der Waals surface area contributed by atoms with Gasteiger partial charge in [-0.1, -0.05) is 17.7 Å². The number of rotatable bonds is 2. The number of nitrogens with one attached hydrogen (secondary N) is 1. The number of nitrogens with zero attached hydrogens (tertiary/aromatic N) is 1. The molecule has 0 fully saturated rings. The first-order valence-electron chi connectivity index (χ1n) is 2.75. The average molecular weight is 147 g/mol. The smallest absolute Gasteiger partial charge is 0.151 e. The van der Waals surface area contributed by atoms with Gasteiger partial charge in [-0.2, -0.15) is 5.10 Å². The summed E-state index contributed by atoms with van der Waals surface area (Å²) in [5.74, 6) is 0. The van der Waals surface area contributed by atoms with Crippen LogP contribution >= 0.6 is 11.6 Å². The second kappa shape index (κ2) is 4.39. The second-order valence-corrected chi connectivity index (χ2v) is 1.96. The summed E-state index contributed by atoms with van der Waals surface area (Å²) in [6.07, 6.45) is 1.91. The lowest BCUT2D eigenvalue weighted by Crippen LogP contribution is -1.99. The van der Waals surface area contributed by atoms with Crippen LogP contribution < -0.4 is 5.43 Å². The lowest BCUT2D eigenvalue weighted by Gasteiger charge is -1.94. The Morgan fingerprint density at radius 2 is 2.22 bits per heavy atom. The van der Waals surface area contributed by atoms with Crippen LogP contribution in [0.15, 0.2) is 16.8 Å². The zero-order chi connectivity index (χ0) is 7.28. The topological polar surface area (TPSA) is 24.4 Å². The summed E-state index contributed by atoms with van der Waals surface area (Å²) in [6, 6.07) is 0. The Morgan fingerprint density at radius 1 is 1.67 bits per heavy atom. The van der Waals surface area contributed by atoms with E-state index in [1.54, 1.807) is 7.05 Å². The van der Waals surface area contributed by atoms with Crippen LogP contribution in [0.3, 0.4) is 0 Å². The Labute approximate surface area is 60.6 Å². The molecule has 3 heteroatoms. The lowest BCUT2D eigenvalue weighted by atomic mass is 10.3. The largest absolute Gasteiger partial charge is 0.312 e. The Balaban J connectivity index is 4.03. The molecular formula is C6H11ClN2. The highest BCUT2D eigenvalue weighted by Gasteiger charge is 1.92. The van der Waals surface area contributed by atoms with Gasteiger partial charge in [-0.25, -0.2) is 0 Å². The van der Waals surface area contributed by atoms with Gasteiger partial charge in [-0.15, -0.1) is 0 Å². The molecular weight excluding hydrogens is 136 g/mol. The SMILES string of the molecule is C/C=C(C)/C(Cl)=N\NC. The molecule has 9 heavy (non-hydrogen) atoms. The van der Waals surface area contributed by atoms with Crippen molar-refractivity contribution in [2.45, 2.75) is 13.8 Å². The van der Waals surface area contributed by atoms with Crippen molar-refractivity contribution in [3.8, 4) is 0 Å². The Hall–Kier alpha value is -0.500. The van der Waals surface area contributed by atoms with Crippen molar-refractivity contribution in [1.82, 2.24) is 5.43 Å². The molecule has 52 valence electrons. The van der Waals surface area contributed by atoms with Crippen LogP contribution in [-0.4, -0.2) is 12.2 Å². The standard InChI is InChI=1S/C6H11ClN2/c1-4-5(2)6(7)9-8-3/h4,8H,1-3H3/b5-4+,9-6+. The van der Waals surface area contributed by atoms with Crippen LogP contribution in [0.1, 0.15) is 13.8 Å². The van der Waals surface area contributed by atoms with Gasteiger partial charge in [0.1, 0.15) is 0 Å². The third kappa shape index (κ3) is 3.14. The number of halogens is 1. The van der Waals surface area contributed by atoms with Crippen molar-refractivity contribution < 1.29 is 0 Å². The van der Waals surface area contributed by atoms with Crippen molar-refractivity contribution in [3.63, 3.8) is 0 Å². The lowest BCUT2D eigenvalue weighted by molar-refractivity contribution is 0.905. The number of hydrazone groups is 1. The quantitative estimate of drug-likeness (QED) is 0.466. The van der Waals surface area contributed by atoms with E-state index >= 15 is 0 Å². The first-order valence-corrected chi connectivity index (χ1v) is 3.13. The van der Waals surface area contributed by atoms with Gasteiger partial charge in [0.25, 0.3) is 0 Å². The summed E-state index contributed by atoms with van der Waals surface area (Å²) in [5.41, 5.74) is 3.58. The van der Waals surface area contributed by atoms with Crippen molar-refractivity contribution >= 4 is 16.8 Å². The Bertz CT molecular complexity index is 138. The number of hydrogen-bond acceptors (Lipinski definition) is 2. The predicted molar refractivity (Wildman–Crippen MR) is 41.8 cm³/mol. The molecule has 0 atom stereocenters. The summed E-state index contributed by atoms with van der Waals surface area (Å²) in [4.78, 5) is 0. The van der Waals surface area contributed by atoms with Gasteiger partial charge in [0.05, 0.1) is 0 Å². The molecule has 0 bridgehead atoms. The molecule has 0 aliphatic heterocycles. The fourth-order valence-corrected chi connectivity index (χ4v) is 0.499. The molecule has 0 rings (SSSR count). The van der Waals surface area contributed by atoms with Gasteiger partial charge in [0, 0.05) is 7.05 Å². The van der Waals surface area contributed by atoms with Gasteiger partial charge in [-0.05, 0) is 19.4 Å². The summed E-state index contributed by atoms with van der Waals surface area (Å²) in [7, 11) is 1.71. The predicted octanol–water partition coefficient (Wildman–Crippen LogP) is 1.72. The highest BCUT2D eigenvalue weighted by atomic mass is 35.5. The van der Waals surface area contributed by atoms with Gasteiger partial charge in [-0.3, -0.25) is 0 Å². The zero-order valence-corrected chi connectivity index (χ0v) is 6.66. The maximum atomic E-state index is 5.65. The molecule has 0 heterocycles. The molecule has 0 unspecified atom stereocenters. The van der Waals surface area contributed by atoms with Crippen molar-refractivity contribution in [1.29, 1.82) is 0 Å². The van der Waals surface area contributed by atoms with E-state index in [0.29, 0.717) is 5.17 Å². The highest BCUT2D eigenvalue weighted by molar-refractivity contribution is 6.69. The van der Waals surface area contributed by atoms with Crippen LogP contribution in [-0.2, 0) is 0 Å². The number of allylic oxidation sites excluding steroid dienone is 2. The fourth-order valence-electron chi connectivity index (χ4n) is 0.305. The fraction of sp³-hybridized carbons (Fsp3) is 0.500. The molecule has 0 aliphatic rings. The first kappa shape index (κ1) is 8.50. The maximum Gasteiger partial charge on any atom is 0.151 e. The Kier molecular flexibility index (Phi) is 4.14. The van der Waals surface area contributed by atoms with Gasteiger partial charge < -0.3 is 5.43 Å². The first-order chi connectivity index (χ1) is 4.22. The van der Waals surface area contributed by atoms with Crippen LogP contribution in [0.2, 0.25) is 0 Å². The molecule has 0 saturated heterocycles. The molecule has 0 radical (unpaired) electrons. The van der Waals surface area contributed by atoms with Crippen LogP contribution in [0.5, 0.6) is 0 Å². The van der Waals surface area contributed by atoms with E-state index in [4.69, 9.17) is 11.6 Å². The van der Waals surface area contributed by atoms with Gasteiger partial charge >= 0.3 is 0 Å². The van der Waals surface area contributed by atoms with Gasteiger partial charge in [0.2, 0.25) is 0 Å². The molecule has 0 amide bonds. The maximum absolute atomic E-state index is 5.65. The van der Waals surface area contributed by atoms with Crippen LogP contribution in [0.4, 0.5) is 0 Å². The highest BCUT2D eigenvalue weighted by Crippen LogP contribution is 1.99. The third-order valence-electron chi connectivity index (χ3n) is 0.968. The molecule has 2 nitrogen and oxygen atoms in total. The van der Waals surface area contributed by atoms with E-state index in [-0.39, 0.29) is 0 Å². The van der Waals surface area contributed by atoms with Crippen molar-refractivity contribution in [3.05, 3.63) is 11.6 Å². The van der Waals surface area contributed by atoms with Crippen LogP contribution in [0, 0.1) is 0 Å². The summed E-state index contributed by atoms with van der Waals surface area (Å²) in [5, 5.41) is 4.27. The van der Waals surface area contributed by atoms with E-state index < -0.39 is 0 Å². The summed E-state index contributed by atoms with van der Waals surface area (Å²) in [6.45, 7) is 3.83. The minimum Gasteiger partial charge on any atom is -0.312 e. The molecule has 0 spiro atoms. The Morgan fingerprint density at radius 3 is 2.56 bits per heavy atom. The van der Waals surface area contributed by atoms with E-state index in [1.165, 1.54) is 0 Å². The zero-order valence-electron chi connectivity index (χ0n) is 5.90. The van der Waals surface area contributed by atoms with Gasteiger partial charge in [0.15, 0.2) is 5.17 Å². The average Bonchev–Trinajstić information content (AvgIpc) is 1.87.